The largest absolute Gasteiger partial charge is 0.294 e. The zero-order valence-corrected chi connectivity index (χ0v) is 14.0. The van der Waals surface area contributed by atoms with Crippen LogP contribution < -0.4 is 0 Å². The summed E-state index contributed by atoms with van der Waals surface area (Å²) in [6.45, 7) is 1.97. The number of halogens is 2. The van der Waals surface area contributed by atoms with Gasteiger partial charge < -0.3 is 0 Å². The molecule has 0 N–H and O–H groups in total. The molecule has 0 spiro atoms. The Bertz CT molecular complexity index is 885. The van der Waals surface area contributed by atoms with Gasteiger partial charge >= 0.3 is 0 Å². The van der Waals surface area contributed by atoms with Crippen molar-refractivity contribution in [3.05, 3.63) is 94.3 Å². The lowest BCUT2D eigenvalue weighted by molar-refractivity contribution is 0.0992. The fraction of sp³-hybridized carbons (Fsp3) is 0.0952. The number of hydrogen-bond acceptors (Lipinski definition) is 1. The van der Waals surface area contributed by atoms with Crippen LogP contribution in [0.25, 0.3) is 11.1 Å². The third-order valence-corrected chi connectivity index (χ3v) is 4.31. The van der Waals surface area contributed by atoms with Crippen LogP contribution in [0.4, 0.5) is 4.39 Å². The van der Waals surface area contributed by atoms with E-state index < -0.39 is 5.82 Å². The first kappa shape index (κ1) is 16.4. The molecule has 0 saturated carbocycles. The van der Waals surface area contributed by atoms with Gasteiger partial charge in [-0.3, -0.25) is 4.79 Å². The molecule has 0 aliphatic carbocycles. The molecule has 3 rings (SSSR count). The molecule has 0 amide bonds. The van der Waals surface area contributed by atoms with Gasteiger partial charge in [0.25, 0.3) is 0 Å². The van der Waals surface area contributed by atoms with Crippen molar-refractivity contribution < 1.29 is 9.18 Å². The zero-order chi connectivity index (χ0) is 17.1. The second-order valence-electron chi connectivity index (χ2n) is 5.73. The Morgan fingerprint density at radius 2 is 1.71 bits per heavy atom. The van der Waals surface area contributed by atoms with Gasteiger partial charge in [0.15, 0.2) is 5.78 Å². The van der Waals surface area contributed by atoms with E-state index in [0.717, 1.165) is 16.7 Å². The Balaban J connectivity index is 1.85. The minimum absolute atomic E-state index is 0.0918. The summed E-state index contributed by atoms with van der Waals surface area (Å²) in [5, 5.41) is 0.601. The van der Waals surface area contributed by atoms with Gasteiger partial charge in [-0.15, -0.1) is 0 Å². The number of carbonyl (C=O) groups excluding carboxylic acids is 1. The fourth-order valence-electron chi connectivity index (χ4n) is 2.64. The summed E-state index contributed by atoms with van der Waals surface area (Å²) in [6, 6.07) is 19.3. The topological polar surface area (TPSA) is 17.1 Å². The summed E-state index contributed by atoms with van der Waals surface area (Å²) < 4.78 is 14.4. The maximum atomic E-state index is 14.4. The predicted octanol–water partition coefficient (Wildman–Crippen LogP) is 5.88. The quantitative estimate of drug-likeness (QED) is 0.543. The van der Waals surface area contributed by atoms with Crippen molar-refractivity contribution in [2.75, 3.05) is 0 Å². The molecule has 0 fully saturated rings. The summed E-state index contributed by atoms with van der Waals surface area (Å²) in [6.07, 6.45) is 0.270. The smallest absolute Gasteiger partial charge is 0.167 e. The molecule has 0 saturated heterocycles. The number of Topliss-reactive ketones (excluding diaryl/α,β-unsaturated/α-hetero) is 1. The molecule has 3 aromatic rings. The first-order valence-corrected chi connectivity index (χ1v) is 8.05. The summed E-state index contributed by atoms with van der Waals surface area (Å²) in [5.74, 6) is -0.501. The van der Waals surface area contributed by atoms with Gasteiger partial charge in [-0.25, -0.2) is 4.39 Å². The van der Waals surface area contributed by atoms with Gasteiger partial charge in [0, 0.05) is 22.6 Å². The minimum Gasteiger partial charge on any atom is -0.294 e. The zero-order valence-electron chi connectivity index (χ0n) is 13.2. The first-order chi connectivity index (χ1) is 11.5. The van der Waals surface area contributed by atoms with Crippen LogP contribution in [0.3, 0.4) is 0 Å². The second kappa shape index (κ2) is 6.98. The number of aryl methyl sites for hydroxylation is 1. The monoisotopic (exact) mass is 338 g/mol. The molecule has 0 aromatic heterocycles. The van der Waals surface area contributed by atoms with Crippen LogP contribution in [-0.2, 0) is 6.42 Å². The highest BCUT2D eigenvalue weighted by atomic mass is 35.5. The lowest BCUT2D eigenvalue weighted by atomic mass is 9.97. The predicted molar refractivity (Wildman–Crippen MR) is 96.1 cm³/mol. The van der Waals surface area contributed by atoms with E-state index in [4.69, 9.17) is 11.6 Å². The Morgan fingerprint density at radius 3 is 2.38 bits per heavy atom. The van der Waals surface area contributed by atoms with E-state index in [1.54, 1.807) is 36.4 Å². The lowest BCUT2D eigenvalue weighted by Gasteiger charge is -2.08. The average molecular weight is 339 g/mol. The standard InChI is InChI=1S/C21H16ClFO/c1-14-4-2-3-5-16(14)13-21(24)17-8-11-19(20(23)12-17)15-6-9-18(22)10-7-15/h2-12H,13H2,1H3. The third-order valence-electron chi connectivity index (χ3n) is 4.06. The number of benzene rings is 3. The van der Waals surface area contributed by atoms with Crippen LogP contribution in [-0.4, -0.2) is 5.78 Å². The van der Waals surface area contributed by atoms with E-state index >= 15 is 0 Å². The van der Waals surface area contributed by atoms with Gasteiger partial charge in [-0.2, -0.15) is 0 Å². The molecule has 1 nitrogen and oxygen atoms in total. The van der Waals surface area contributed by atoms with E-state index in [1.807, 2.05) is 31.2 Å². The van der Waals surface area contributed by atoms with E-state index in [1.165, 1.54) is 6.07 Å². The van der Waals surface area contributed by atoms with Gasteiger partial charge in [-0.05, 0) is 41.8 Å². The summed E-state index contributed by atoms with van der Waals surface area (Å²) in [7, 11) is 0. The summed E-state index contributed by atoms with van der Waals surface area (Å²) in [5.41, 5.74) is 3.59. The van der Waals surface area contributed by atoms with E-state index in [2.05, 4.69) is 0 Å². The molecule has 0 atom stereocenters. The van der Waals surface area contributed by atoms with Gasteiger partial charge in [-0.1, -0.05) is 60.1 Å². The summed E-state index contributed by atoms with van der Waals surface area (Å²) >= 11 is 5.86. The minimum atomic E-state index is -0.409. The molecular formula is C21H16ClFO. The SMILES string of the molecule is Cc1ccccc1CC(=O)c1ccc(-c2ccc(Cl)cc2)c(F)c1. The molecule has 3 aromatic carbocycles. The maximum Gasteiger partial charge on any atom is 0.167 e. The van der Waals surface area contributed by atoms with Crippen molar-refractivity contribution in [3.63, 3.8) is 0 Å². The molecule has 0 heterocycles. The first-order valence-electron chi connectivity index (χ1n) is 7.68. The Labute approximate surface area is 145 Å². The van der Waals surface area contributed by atoms with Crippen molar-refractivity contribution in [3.8, 4) is 11.1 Å². The van der Waals surface area contributed by atoms with Crippen molar-refractivity contribution in [1.29, 1.82) is 0 Å². The third kappa shape index (κ3) is 3.55. The molecule has 120 valence electrons. The Kier molecular flexibility index (Phi) is 4.77. The van der Waals surface area contributed by atoms with Gasteiger partial charge in [0.05, 0.1) is 0 Å². The molecule has 0 unspecified atom stereocenters. The van der Waals surface area contributed by atoms with Crippen molar-refractivity contribution >= 4 is 17.4 Å². The number of hydrogen-bond donors (Lipinski definition) is 0. The van der Waals surface area contributed by atoms with Crippen LogP contribution >= 0.6 is 11.6 Å². The normalized spacial score (nSPS) is 10.6. The fourth-order valence-corrected chi connectivity index (χ4v) is 2.76. The molecule has 0 aliphatic rings. The molecule has 0 aliphatic heterocycles. The van der Waals surface area contributed by atoms with Crippen LogP contribution in [0.1, 0.15) is 21.5 Å². The average Bonchev–Trinajstić information content (AvgIpc) is 2.58. The molecule has 0 bridgehead atoms. The Hall–Kier alpha value is -2.45. The van der Waals surface area contributed by atoms with E-state index in [-0.39, 0.29) is 12.2 Å². The molecule has 0 radical (unpaired) electrons. The lowest BCUT2D eigenvalue weighted by Crippen LogP contribution is -2.05. The highest BCUT2D eigenvalue weighted by Crippen LogP contribution is 2.25. The highest BCUT2D eigenvalue weighted by Gasteiger charge is 2.12. The molecule has 3 heteroatoms. The Morgan fingerprint density at radius 1 is 1.00 bits per heavy atom. The van der Waals surface area contributed by atoms with E-state index in [9.17, 15) is 9.18 Å². The second-order valence-corrected chi connectivity index (χ2v) is 6.16. The molecule has 24 heavy (non-hydrogen) atoms. The van der Waals surface area contributed by atoms with Crippen molar-refractivity contribution in [2.45, 2.75) is 13.3 Å². The molecular weight excluding hydrogens is 323 g/mol. The van der Waals surface area contributed by atoms with Crippen LogP contribution in [0.5, 0.6) is 0 Å². The van der Waals surface area contributed by atoms with Crippen LogP contribution in [0, 0.1) is 12.7 Å². The number of ketones is 1. The number of rotatable bonds is 4. The van der Waals surface area contributed by atoms with Crippen LogP contribution in [0.2, 0.25) is 5.02 Å². The van der Waals surface area contributed by atoms with Crippen LogP contribution in [0.15, 0.2) is 66.7 Å². The van der Waals surface area contributed by atoms with Gasteiger partial charge in [0.1, 0.15) is 5.82 Å². The van der Waals surface area contributed by atoms with E-state index in [0.29, 0.717) is 16.1 Å². The summed E-state index contributed by atoms with van der Waals surface area (Å²) in [4.78, 5) is 12.4. The van der Waals surface area contributed by atoms with Crippen molar-refractivity contribution in [2.24, 2.45) is 0 Å². The maximum absolute atomic E-state index is 14.4. The highest BCUT2D eigenvalue weighted by molar-refractivity contribution is 6.30. The number of carbonyl (C=O) groups is 1. The van der Waals surface area contributed by atoms with Crippen molar-refractivity contribution in [1.82, 2.24) is 0 Å². The van der Waals surface area contributed by atoms with Gasteiger partial charge in [0.2, 0.25) is 0 Å².